The number of carbonyl (C=O) groups is 1. The van der Waals surface area contributed by atoms with E-state index >= 15 is 0 Å². The van der Waals surface area contributed by atoms with Gasteiger partial charge < -0.3 is 4.42 Å². The molecule has 0 spiro atoms. The highest BCUT2D eigenvalue weighted by molar-refractivity contribution is 5.86. The third-order valence-electron chi connectivity index (χ3n) is 3.70. The van der Waals surface area contributed by atoms with Crippen molar-refractivity contribution in [2.45, 2.75) is 6.42 Å². The largest absolute Gasteiger partial charge is 0.455 e. The maximum Gasteiger partial charge on any atom is 0.270 e. The van der Waals surface area contributed by atoms with Crippen LogP contribution >= 0.6 is 0 Å². The predicted octanol–water partition coefficient (Wildman–Crippen LogP) is 4.09. The Balaban J connectivity index is 1.61. The number of Topliss-reactive ketones (excluding diaryl/α,β-unsaturated/α-hetero) is 1. The monoisotopic (exact) mass is 348 g/mol. The van der Waals surface area contributed by atoms with Crippen LogP contribution in [0.1, 0.15) is 11.3 Å². The van der Waals surface area contributed by atoms with Gasteiger partial charge in [-0.15, -0.1) is 0 Å². The summed E-state index contributed by atoms with van der Waals surface area (Å²) in [5.41, 5.74) is 1.57. The van der Waals surface area contributed by atoms with Crippen LogP contribution in [-0.4, -0.2) is 23.5 Å². The summed E-state index contributed by atoms with van der Waals surface area (Å²) in [6.07, 6.45) is 1.83. The summed E-state index contributed by atoms with van der Waals surface area (Å²) in [4.78, 5) is 26.4. The number of nitro groups is 1. The molecule has 0 bridgehead atoms. The first-order valence-corrected chi connectivity index (χ1v) is 8.02. The molecule has 0 saturated carbocycles. The number of non-ortho nitro benzene ring substituents is 1. The van der Waals surface area contributed by atoms with E-state index in [2.05, 4.69) is 4.99 Å². The van der Waals surface area contributed by atoms with Crippen LogP contribution in [0.4, 0.5) is 5.69 Å². The number of carbonyl (C=O) groups excluding carboxylic acids is 1. The van der Waals surface area contributed by atoms with Gasteiger partial charge in [-0.3, -0.25) is 19.9 Å². The molecule has 3 rings (SSSR count). The summed E-state index contributed by atoms with van der Waals surface area (Å²) in [6, 6.07) is 19.1. The molecule has 2 aromatic carbocycles. The number of nitro benzene ring substituents is 1. The highest BCUT2D eigenvalue weighted by Gasteiger charge is 2.10. The molecule has 0 atom stereocenters. The van der Waals surface area contributed by atoms with Crippen LogP contribution in [0, 0.1) is 10.1 Å². The van der Waals surface area contributed by atoms with Crippen molar-refractivity contribution in [2.75, 3.05) is 6.54 Å². The molecule has 26 heavy (non-hydrogen) atoms. The van der Waals surface area contributed by atoms with Gasteiger partial charge in [0.1, 0.15) is 11.5 Å². The summed E-state index contributed by atoms with van der Waals surface area (Å²) < 4.78 is 5.62. The van der Waals surface area contributed by atoms with E-state index in [1.807, 2.05) is 30.3 Å². The minimum absolute atomic E-state index is 0.000579. The lowest BCUT2D eigenvalue weighted by molar-refractivity contribution is -0.384. The lowest BCUT2D eigenvalue weighted by atomic mass is 10.1. The van der Waals surface area contributed by atoms with Gasteiger partial charge in [-0.05, 0) is 17.7 Å². The lowest BCUT2D eigenvalue weighted by Crippen LogP contribution is -2.06. The van der Waals surface area contributed by atoms with E-state index in [9.17, 15) is 14.9 Å². The zero-order chi connectivity index (χ0) is 18.4. The van der Waals surface area contributed by atoms with Crippen molar-refractivity contribution in [3.05, 3.63) is 88.2 Å². The molecule has 1 aromatic heterocycles. The zero-order valence-electron chi connectivity index (χ0n) is 13.9. The second-order valence-electron chi connectivity index (χ2n) is 5.68. The molecule has 3 aromatic rings. The van der Waals surface area contributed by atoms with Gasteiger partial charge in [0, 0.05) is 24.1 Å². The van der Waals surface area contributed by atoms with Crippen molar-refractivity contribution < 1.29 is 14.1 Å². The standard InChI is InChI=1S/C20H16N2O4/c23-18(11-15-5-2-1-3-6-15)13-21-14-19-9-10-20(26-19)16-7-4-8-17(12-16)22(24)25/h1-10,12,14H,11,13H2. The second kappa shape index (κ2) is 8.02. The molecule has 0 fully saturated rings. The molecule has 0 unspecified atom stereocenters. The van der Waals surface area contributed by atoms with Crippen LogP contribution in [0.5, 0.6) is 0 Å². The van der Waals surface area contributed by atoms with Crippen molar-refractivity contribution in [3.63, 3.8) is 0 Å². The Bertz CT molecular complexity index is 945. The minimum Gasteiger partial charge on any atom is -0.455 e. The van der Waals surface area contributed by atoms with Gasteiger partial charge in [-0.25, -0.2) is 0 Å². The van der Waals surface area contributed by atoms with Crippen LogP contribution in [0.3, 0.4) is 0 Å². The SMILES string of the molecule is O=C(CN=Cc1ccc(-c2cccc([N+](=O)[O-])c2)o1)Cc1ccccc1. The number of hydrogen-bond donors (Lipinski definition) is 0. The molecule has 6 heteroatoms. The molecular formula is C20H16N2O4. The number of ketones is 1. The van der Waals surface area contributed by atoms with Crippen LogP contribution in [0.15, 0.2) is 76.1 Å². The van der Waals surface area contributed by atoms with Crippen molar-refractivity contribution in [1.29, 1.82) is 0 Å². The molecule has 0 aliphatic heterocycles. The molecular weight excluding hydrogens is 332 g/mol. The van der Waals surface area contributed by atoms with Gasteiger partial charge >= 0.3 is 0 Å². The molecule has 6 nitrogen and oxygen atoms in total. The first kappa shape index (κ1) is 17.3. The van der Waals surface area contributed by atoms with Crippen molar-refractivity contribution in [3.8, 4) is 11.3 Å². The van der Waals surface area contributed by atoms with E-state index in [1.165, 1.54) is 18.3 Å². The van der Waals surface area contributed by atoms with Gasteiger partial charge in [0.25, 0.3) is 5.69 Å². The molecule has 0 saturated heterocycles. The van der Waals surface area contributed by atoms with Gasteiger partial charge in [-0.1, -0.05) is 42.5 Å². The van der Waals surface area contributed by atoms with E-state index in [0.29, 0.717) is 23.5 Å². The first-order valence-electron chi connectivity index (χ1n) is 8.02. The Morgan fingerprint density at radius 3 is 2.65 bits per heavy atom. The molecule has 0 aliphatic rings. The summed E-state index contributed by atoms with van der Waals surface area (Å²) in [7, 11) is 0. The Morgan fingerprint density at radius 2 is 1.88 bits per heavy atom. The lowest BCUT2D eigenvalue weighted by Gasteiger charge is -1.98. The maximum absolute atomic E-state index is 11.9. The number of aliphatic imine (C=N–C) groups is 1. The van der Waals surface area contributed by atoms with Gasteiger partial charge in [0.2, 0.25) is 0 Å². The Labute approximate surface area is 150 Å². The highest BCUT2D eigenvalue weighted by Crippen LogP contribution is 2.25. The Morgan fingerprint density at radius 1 is 1.08 bits per heavy atom. The van der Waals surface area contributed by atoms with E-state index in [-0.39, 0.29) is 18.0 Å². The van der Waals surface area contributed by atoms with Crippen LogP contribution < -0.4 is 0 Å². The highest BCUT2D eigenvalue weighted by atomic mass is 16.6. The fourth-order valence-corrected chi connectivity index (χ4v) is 2.47. The summed E-state index contributed by atoms with van der Waals surface area (Å²) in [5, 5.41) is 10.8. The Hall–Kier alpha value is -3.54. The van der Waals surface area contributed by atoms with Crippen LogP contribution in [0.25, 0.3) is 11.3 Å². The average molecular weight is 348 g/mol. The summed E-state index contributed by atoms with van der Waals surface area (Å²) in [6.45, 7) is 0.0712. The van der Waals surface area contributed by atoms with Crippen LogP contribution in [0.2, 0.25) is 0 Å². The fourth-order valence-electron chi connectivity index (χ4n) is 2.47. The van der Waals surface area contributed by atoms with Crippen molar-refractivity contribution >= 4 is 17.7 Å². The molecule has 0 N–H and O–H groups in total. The zero-order valence-corrected chi connectivity index (χ0v) is 13.9. The maximum atomic E-state index is 11.9. The molecule has 1 heterocycles. The van der Waals surface area contributed by atoms with Gasteiger partial charge in [0.15, 0.2) is 5.78 Å². The molecule has 0 radical (unpaired) electrons. The predicted molar refractivity (Wildman–Crippen MR) is 98.4 cm³/mol. The molecule has 0 amide bonds. The number of furan rings is 1. The van der Waals surface area contributed by atoms with Crippen molar-refractivity contribution in [1.82, 2.24) is 0 Å². The van der Waals surface area contributed by atoms with Gasteiger partial charge in [0.05, 0.1) is 17.7 Å². The third-order valence-corrected chi connectivity index (χ3v) is 3.70. The van der Waals surface area contributed by atoms with E-state index < -0.39 is 4.92 Å². The number of benzene rings is 2. The Kier molecular flexibility index (Phi) is 5.34. The molecule has 0 aliphatic carbocycles. The van der Waals surface area contributed by atoms with Gasteiger partial charge in [-0.2, -0.15) is 0 Å². The third kappa shape index (κ3) is 4.51. The topological polar surface area (TPSA) is 85.7 Å². The number of rotatable bonds is 7. The minimum atomic E-state index is -0.451. The first-order chi connectivity index (χ1) is 12.6. The average Bonchev–Trinajstić information content (AvgIpc) is 3.11. The number of hydrogen-bond acceptors (Lipinski definition) is 5. The van der Waals surface area contributed by atoms with E-state index in [1.54, 1.807) is 24.3 Å². The van der Waals surface area contributed by atoms with E-state index in [0.717, 1.165) is 5.56 Å². The normalized spacial score (nSPS) is 10.9. The summed E-state index contributed by atoms with van der Waals surface area (Å²) in [5.74, 6) is 1.00. The van der Waals surface area contributed by atoms with Crippen LogP contribution in [-0.2, 0) is 11.2 Å². The fraction of sp³-hybridized carbons (Fsp3) is 0.100. The second-order valence-corrected chi connectivity index (χ2v) is 5.68. The quantitative estimate of drug-likeness (QED) is 0.366. The molecule has 130 valence electrons. The smallest absolute Gasteiger partial charge is 0.270 e. The van der Waals surface area contributed by atoms with E-state index in [4.69, 9.17) is 4.42 Å². The number of nitrogens with zero attached hydrogens (tertiary/aromatic N) is 2. The van der Waals surface area contributed by atoms with Crippen molar-refractivity contribution in [2.24, 2.45) is 4.99 Å². The summed E-state index contributed by atoms with van der Waals surface area (Å²) >= 11 is 0.